The fraction of sp³-hybridized carbons (Fsp3) is 0.500. The number of hydrogen-bond donors (Lipinski definition) is 3. The summed E-state index contributed by atoms with van der Waals surface area (Å²) < 4.78 is 0. The molecule has 2 unspecified atom stereocenters. The van der Waals surface area contributed by atoms with Crippen LogP contribution in [0.3, 0.4) is 0 Å². The second kappa shape index (κ2) is 7.99. The zero-order valence-corrected chi connectivity index (χ0v) is 11.5. The number of carboxylic acid groups (broad SMARTS) is 2. The average Bonchev–Trinajstić information content (AvgIpc) is 2.01. The number of carbonyl (C=O) groups excluding carboxylic acids is 2. The molecule has 14 heavy (non-hydrogen) atoms. The Morgan fingerprint density at radius 3 is 1.71 bits per heavy atom. The molecule has 8 nitrogen and oxygen atoms in total. The molecule has 0 spiro atoms. The molecule has 0 saturated carbocycles. The van der Waals surface area contributed by atoms with Gasteiger partial charge < -0.3 is 30.0 Å². The largest absolute Gasteiger partial charge is 1.00 e. The van der Waals surface area contributed by atoms with Crippen molar-refractivity contribution in [2.24, 2.45) is 0 Å². The standard InChI is InChI=1S/C4H6O8.2Na/c5-1(2(6)7)4(10,12-11)3(8)9;;/h1,5,10-11H,(H,6,7)(H,8,9);;/q;2*+1/p-2. The van der Waals surface area contributed by atoms with E-state index in [1.165, 1.54) is 0 Å². The molecule has 0 aromatic heterocycles. The molecule has 0 amide bonds. The summed E-state index contributed by atoms with van der Waals surface area (Å²) in [5.74, 6) is -8.57. The van der Waals surface area contributed by atoms with Gasteiger partial charge in [0.25, 0.3) is 5.79 Å². The van der Waals surface area contributed by atoms with Gasteiger partial charge in [0.1, 0.15) is 5.97 Å². The number of aliphatic hydroxyl groups excluding tert-OH is 1. The van der Waals surface area contributed by atoms with E-state index in [9.17, 15) is 19.8 Å². The van der Waals surface area contributed by atoms with Gasteiger partial charge in [-0.25, -0.2) is 5.26 Å². The molecule has 0 bridgehead atoms. The number of hydrogen-bond acceptors (Lipinski definition) is 8. The van der Waals surface area contributed by atoms with E-state index in [1.54, 1.807) is 0 Å². The molecule has 0 aromatic rings. The van der Waals surface area contributed by atoms with Crippen molar-refractivity contribution in [3.63, 3.8) is 0 Å². The smallest absolute Gasteiger partial charge is 0.547 e. The van der Waals surface area contributed by atoms with E-state index in [1.807, 2.05) is 0 Å². The van der Waals surface area contributed by atoms with Gasteiger partial charge in [0.2, 0.25) is 0 Å². The topological polar surface area (TPSA) is 150 Å². The molecule has 0 aliphatic carbocycles. The van der Waals surface area contributed by atoms with Crippen molar-refractivity contribution >= 4 is 11.9 Å². The monoisotopic (exact) mass is 226 g/mol. The number of rotatable bonds is 4. The van der Waals surface area contributed by atoms with E-state index >= 15 is 0 Å². The molecule has 0 rings (SSSR count). The number of carboxylic acids is 2. The van der Waals surface area contributed by atoms with Crippen LogP contribution in [0, 0.1) is 0 Å². The Labute approximate surface area is 122 Å². The van der Waals surface area contributed by atoms with Crippen LogP contribution in [0.15, 0.2) is 0 Å². The van der Waals surface area contributed by atoms with Crippen molar-refractivity contribution in [1.82, 2.24) is 0 Å². The predicted octanol–water partition coefficient (Wildman–Crippen LogP) is -11.0. The van der Waals surface area contributed by atoms with Crippen molar-refractivity contribution in [3.8, 4) is 0 Å². The molecular weight excluding hydrogens is 222 g/mol. The molecule has 0 radical (unpaired) electrons. The average molecular weight is 226 g/mol. The Morgan fingerprint density at radius 2 is 1.64 bits per heavy atom. The summed E-state index contributed by atoms with van der Waals surface area (Å²) in [6.45, 7) is 0. The van der Waals surface area contributed by atoms with Crippen molar-refractivity contribution in [3.05, 3.63) is 0 Å². The second-order valence-electron chi connectivity index (χ2n) is 1.80. The van der Waals surface area contributed by atoms with Gasteiger partial charge in [0.15, 0.2) is 6.10 Å². The van der Waals surface area contributed by atoms with E-state index in [-0.39, 0.29) is 59.1 Å². The first-order valence-corrected chi connectivity index (χ1v) is 2.51. The summed E-state index contributed by atoms with van der Waals surface area (Å²) in [5.41, 5.74) is 0. The Kier molecular flexibility index (Phi) is 11.5. The molecule has 0 aromatic carbocycles. The summed E-state index contributed by atoms with van der Waals surface area (Å²) >= 11 is 0. The maximum atomic E-state index is 9.90. The molecule has 0 heterocycles. The van der Waals surface area contributed by atoms with Gasteiger partial charge in [-0.3, -0.25) is 0 Å². The third kappa shape index (κ3) is 4.53. The molecule has 70 valence electrons. The van der Waals surface area contributed by atoms with Crippen LogP contribution in [0.4, 0.5) is 0 Å². The molecular formula is C4H4Na2O8. The van der Waals surface area contributed by atoms with Gasteiger partial charge in [-0.15, -0.1) is 0 Å². The van der Waals surface area contributed by atoms with Crippen molar-refractivity contribution in [2.75, 3.05) is 0 Å². The second-order valence-corrected chi connectivity index (χ2v) is 1.80. The maximum absolute atomic E-state index is 9.90. The first-order chi connectivity index (χ1) is 5.36. The Morgan fingerprint density at radius 1 is 1.29 bits per heavy atom. The first-order valence-electron chi connectivity index (χ1n) is 2.51. The fourth-order valence-corrected chi connectivity index (χ4v) is 0.359. The third-order valence-electron chi connectivity index (χ3n) is 1.03. The van der Waals surface area contributed by atoms with Crippen LogP contribution in [0.1, 0.15) is 0 Å². The number of aliphatic carboxylic acids is 2. The SMILES string of the molecule is O=C([O-])C(O)C(O)(OO)C(=O)[O-].[Na+].[Na+]. The van der Waals surface area contributed by atoms with E-state index in [0.717, 1.165) is 0 Å². The quantitative estimate of drug-likeness (QED) is 0.185. The van der Waals surface area contributed by atoms with E-state index in [2.05, 4.69) is 4.89 Å². The molecule has 0 aliphatic heterocycles. The van der Waals surface area contributed by atoms with Gasteiger partial charge in [-0.2, -0.15) is 4.89 Å². The summed E-state index contributed by atoms with van der Waals surface area (Å²) in [4.78, 5) is 22.6. The minimum Gasteiger partial charge on any atom is -0.547 e. The summed E-state index contributed by atoms with van der Waals surface area (Å²) in [6, 6.07) is 0. The van der Waals surface area contributed by atoms with Gasteiger partial charge in [-0.05, 0) is 0 Å². The molecule has 10 heteroatoms. The fourth-order valence-electron chi connectivity index (χ4n) is 0.359. The van der Waals surface area contributed by atoms with Crippen LogP contribution in [0.2, 0.25) is 0 Å². The Hall–Kier alpha value is 0.780. The Balaban J connectivity index is -0.000000605. The summed E-state index contributed by atoms with van der Waals surface area (Å²) in [5, 5.41) is 44.4. The Bertz CT molecular complexity index is 208. The van der Waals surface area contributed by atoms with Crippen LogP contribution < -0.4 is 69.3 Å². The van der Waals surface area contributed by atoms with Crippen LogP contribution in [0.5, 0.6) is 0 Å². The zero-order valence-electron chi connectivity index (χ0n) is 7.46. The first kappa shape index (κ1) is 20.2. The maximum Gasteiger partial charge on any atom is 1.00 e. The molecule has 0 saturated heterocycles. The summed E-state index contributed by atoms with van der Waals surface area (Å²) in [7, 11) is 0. The van der Waals surface area contributed by atoms with Gasteiger partial charge in [-0.1, -0.05) is 0 Å². The zero-order chi connectivity index (χ0) is 9.94. The minimum absolute atomic E-state index is 0. The van der Waals surface area contributed by atoms with Gasteiger partial charge >= 0.3 is 59.1 Å². The van der Waals surface area contributed by atoms with Crippen molar-refractivity contribution in [1.29, 1.82) is 0 Å². The van der Waals surface area contributed by atoms with Crippen LogP contribution in [-0.4, -0.2) is 39.3 Å². The minimum atomic E-state index is -3.72. The van der Waals surface area contributed by atoms with Crippen LogP contribution in [0.25, 0.3) is 0 Å². The molecule has 0 fully saturated rings. The van der Waals surface area contributed by atoms with E-state index in [0.29, 0.717) is 0 Å². The van der Waals surface area contributed by atoms with Crippen molar-refractivity contribution < 1.29 is 99.3 Å². The molecule has 0 aliphatic rings. The predicted molar refractivity (Wildman–Crippen MR) is 24.7 cm³/mol. The normalized spacial score (nSPS) is 15.4. The number of carbonyl (C=O) groups is 2. The van der Waals surface area contributed by atoms with Crippen LogP contribution in [-0.2, 0) is 14.5 Å². The van der Waals surface area contributed by atoms with E-state index < -0.39 is 23.8 Å². The van der Waals surface area contributed by atoms with Crippen LogP contribution >= 0.6 is 0 Å². The molecule has 2 atom stereocenters. The van der Waals surface area contributed by atoms with E-state index in [4.69, 9.17) is 15.5 Å². The van der Waals surface area contributed by atoms with Gasteiger partial charge in [0, 0.05) is 0 Å². The third-order valence-corrected chi connectivity index (χ3v) is 1.03. The molecule has 3 N–H and O–H groups in total. The number of aliphatic hydroxyl groups is 2. The summed E-state index contributed by atoms with van der Waals surface area (Å²) in [6.07, 6.45) is -2.95. The van der Waals surface area contributed by atoms with Gasteiger partial charge in [0.05, 0.1) is 5.97 Å². The van der Waals surface area contributed by atoms with Crippen molar-refractivity contribution in [2.45, 2.75) is 11.9 Å².